The number of pyridine rings is 1. The second kappa shape index (κ2) is 9.32. The second-order valence-electron chi connectivity index (χ2n) is 6.03. The molecule has 2 aromatic carbocycles. The van der Waals surface area contributed by atoms with Gasteiger partial charge in [-0.15, -0.1) is 0 Å². The van der Waals surface area contributed by atoms with Gasteiger partial charge in [0.2, 0.25) is 0 Å². The van der Waals surface area contributed by atoms with Gasteiger partial charge in [-0.2, -0.15) is 0 Å². The van der Waals surface area contributed by atoms with Gasteiger partial charge in [-0.1, -0.05) is 0 Å². The molecular formula is C22H21N3O3. The first kappa shape index (κ1) is 19.1. The molecule has 0 atom stereocenters. The number of nitrogens with zero attached hydrogens (tertiary/aromatic N) is 1. The van der Waals surface area contributed by atoms with E-state index in [0.717, 1.165) is 11.3 Å². The molecule has 0 aliphatic heterocycles. The lowest BCUT2D eigenvalue weighted by molar-refractivity contribution is 0.0949. The standard InChI is InChI=1S/C22H21N3O3/c1-2-28-20-9-7-19(8-10-20)25-22(27)18-5-3-17(4-6-18)21(26)24-15-16-11-13-23-14-12-16/h3-14H,2,15H2,1H3,(H,24,26)(H,25,27). The molecule has 142 valence electrons. The number of amides is 2. The Bertz CT molecular complexity index is 924. The molecule has 0 fully saturated rings. The molecular weight excluding hydrogens is 354 g/mol. The van der Waals surface area contributed by atoms with E-state index in [1.165, 1.54) is 0 Å². The quantitative estimate of drug-likeness (QED) is 0.660. The van der Waals surface area contributed by atoms with Gasteiger partial charge in [0.25, 0.3) is 11.8 Å². The zero-order valence-corrected chi connectivity index (χ0v) is 15.5. The Balaban J connectivity index is 1.56. The van der Waals surface area contributed by atoms with Crippen molar-refractivity contribution in [3.8, 4) is 5.75 Å². The zero-order valence-electron chi connectivity index (χ0n) is 15.5. The molecule has 3 rings (SSSR count). The number of aromatic nitrogens is 1. The summed E-state index contributed by atoms with van der Waals surface area (Å²) in [5.41, 5.74) is 2.61. The Kier molecular flexibility index (Phi) is 6.36. The Morgan fingerprint density at radius 3 is 2.07 bits per heavy atom. The fourth-order valence-corrected chi connectivity index (χ4v) is 2.56. The molecule has 28 heavy (non-hydrogen) atoms. The minimum atomic E-state index is -0.243. The van der Waals surface area contributed by atoms with Crippen LogP contribution in [0.2, 0.25) is 0 Å². The molecule has 1 aromatic heterocycles. The van der Waals surface area contributed by atoms with E-state index < -0.39 is 0 Å². The molecule has 0 spiro atoms. The third kappa shape index (κ3) is 5.17. The smallest absolute Gasteiger partial charge is 0.255 e. The lowest BCUT2D eigenvalue weighted by Gasteiger charge is -2.08. The van der Waals surface area contributed by atoms with E-state index >= 15 is 0 Å². The predicted molar refractivity (Wildman–Crippen MR) is 107 cm³/mol. The first-order valence-corrected chi connectivity index (χ1v) is 8.97. The monoisotopic (exact) mass is 375 g/mol. The SMILES string of the molecule is CCOc1ccc(NC(=O)c2ccc(C(=O)NCc3ccncc3)cc2)cc1. The predicted octanol–water partition coefficient (Wildman–Crippen LogP) is 3.66. The maximum absolute atomic E-state index is 12.4. The summed E-state index contributed by atoms with van der Waals surface area (Å²) in [6.45, 7) is 2.92. The van der Waals surface area contributed by atoms with Gasteiger partial charge in [0.05, 0.1) is 6.61 Å². The van der Waals surface area contributed by atoms with E-state index in [-0.39, 0.29) is 11.8 Å². The molecule has 3 aromatic rings. The largest absolute Gasteiger partial charge is 0.494 e. The van der Waals surface area contributed by atoms with Crippen LogP contribution in [0.4, 0.5) is 5.69 Å². The summed E-state index contributed by atoms with van der Waals surface area (Å²) < 4.78 is 5.38. The van der Waals surface area contributed by atoms with Crippen LogP contribution in [0.25, 0.3) is 0 Å². The molecule has 0 aliphatic carbocycles. The van der Waals surface area contributed by atoms with Crippen LogP contribution in [-0.2, 0) is 6.54 Å². The molecule has 0 saturated heterocycles. The molecule has 2 amide bonds. The normalized spacial score (nSPS) is 10.2. The molecule has 6 nitrogen and oxygen atoms in total. The molecule has 0 radical (unpaired) electrons. The van der Waals surface area contributed by atoms with E-state index in [9.17, 15) is 9.59 Å². The zero-order chi connectivity index (χ0) is 19.8. The highest BCUT2D eigenvalue weighted by Crippen LogP contribution is 2.16. The van der Waals surface area contributed by atoms with Crippen LogP contribution in [0.3, 0.4) is 0 Å². The van der Waals surface area contributed by atoms with Gasteiger partial charge in [-0.3, -0.25) is 14.6 Å². The Morgan fingerprint density at radius 1 is 0.857 bits per heavy atom. The lowest BCUT2D eigenvalue weighted by atomic mass is 10.1. The van der Waals surface area contributed by atoms with Crippen LogP contribution < -0.4 is 15.4 Å². The molecule has 0 aliphatic rings. The third-order valence-electron chi connectivity index (χ3n) is 4.03. The van der Waals surface area contributed by atoms with Crippen molar-refractivity contribution in [2.45, 2.75) is 13.5 Å². The number of carbonyl (C=O) groups excluding carboxylic acids is 2. The second-order valence-corrected chi connectivity index (χ2v) is 6.03. The molecule has 2 N–H and O–H groups in total. The Morgan fingerprint density at radius 2 is 1.46 bits per heavy atom. The van der Waals surface area contributed by atoms with Crippen LogP contribution in [0.1, 0.15) is 33.2 Å². The van der Waals surface area contributed by atoms with Gasteiger partial charge in [0.15, 0.2) is 0 Å². The first-order valence-electron chi connectivity index (χ1n) is 8.97. The number of hydrogen-bond donors (Lipinski definition) is 2. The first-order chi connectivity index (χ1) is 13.7. The third-order valence-corrected chi connectivity index (χ3v) is 4.03. The highest BCUT2D eigenvalue weighted by molar-refractivity contribution is 6.05. The van der Waals surface area contributed by atoms with Gasteiger partial charge in [-0.05, 0) is 73.2 Å². The molecule has 1 heterocycles. The maximum Gasteiger partial charge on any atom is 0.255 e. The van der Waals surface area contributed by atoms with E-state index in [1.807, 2.05) is 19.1 Å². The van der Waals surface area contributed by atoms with Crippen molar-refractivity contribution in [1.29, 1.82) is 0 Å². The van der Waals surface area contributed by atoms with E-state index in [4.69, 9.17) is 4.74 Å². The molecule has 6 heteroatoms. The van der Waals surface area contributed by atoms with Crippen LogP contribution in [0.5, 0.6) is 5.75 Å². The van der Waals surface area contributed by atoms with Crippen molar-refractivity contribution >= 4 is 17.5 Å². The highest BCUT2D eigenvalue weighted by Gasteiger charge is 2.09. The molecule has 0 saturated carbocycles. The summed E-state index contributed by atoms with van der Waals surface area (Å²) >= 11 is 0. The maximum atomic E-state index is 12.4. The average Bonchev–Trinajstić information content (AvgIpc) is 2.74. The summed E-state index contributed by atoms with van der Waals surface area (Å²) in [6.07, 6.45) is 3.36. The van der Waals surface area contributed by atoms with Crippen LogP contribution in [0.15, 0.2) is 73.1 Å². The van der Waals surface area contributed by atoms with Crippen molar-refractivity contribution in [2.75, 3.05) is 11.9 Å². The number of carbonyl (C=O) groups is 2. The topological polar surface area (TPSA) is 80.3 Å². The van der Waals surface area contributed by atoms with Crippen LogP contribution in [0, 0.1) is 0 Å². The fourth-order valence-electron chi connectivity index (χ4n) is 2.56. The van der Waals surface area contributed by atoms with Gasteiger partial charge >= 0.3 is 0 Å². The summed E-state index contributed by atoms with van der Waals surface area (Å²) in [5, 5.41) is 5.66. The van der Waals surface area contributed by atoms with Crippen LogP contribution in [-0.4, -0.2) is 23.4 Å². The van der Waals surface area contributed by atoms with E-state index in [2.05, 4.69) is 15.6 Å². The summed E-state index contributed by atoms with van der Waals surface area (Å²) in [6, 6.07) is 17.4. The van der Waals surface area contributed by atoms with Crippen molar-refractivity contribution in [1.82, 2.24) is 10.3 Å². The lowest BCUT2D eigenvalue weighted by Crippen LogP contribution is -2.23. The van der Waals surface area contributed by atoms with Gasteiger partial charge in [-0.25, -0.2) is 0 Å². The Hall–Kier alpha value is -3.67. The van der Waals surface area contributed by atoms with Crippen molar-refractivity contribution < 1.29 is 14.3 Å². The Labute approximate surface area is 163 Å². The number of hydrogen-bond acceptors (Lipinski definition) is 4. The minimum Gasteiger partial charge on any atom is -0.494 e. The van der Waals surface area contributed by atoms with Crippen LogP contribution >= 0.6 is 0 Å². The number of benzene rings is 2. The minimum absolute atomic E-state index is 0.199. The van der Waals surface area contributed by atoms with Crippen molar-refractivity contribution in [3.63, 3.8) is 0 Å². The summed E-state index contributed by atoms with van der Waals surface area (Å²) in [7, 11) is 0. The van der Waals surface area contributed by atoms with Gasteiger partial charge in [0, 0.05) is 35.8 Å². The van der Waals surface area contributed by atoms with E-state index in [1.54, 1.807) is 60.9 Å². The molecule has 0 unspecified atom stereocenters. The van der Waals surface area contributed by atoms with Gasteiger partial charge in [0.1, 0.15) is 5.75 Å². The fraction of sp³-hybridized carbons (Fsp3) is 0.136. The van der Waals surface area contributed by atoms with Crippen molar-refractivity contribution in [2.24, 2.45) is 0 Å². The average molecular weight is 375 g/mol. The highest BCUT2D eigenvalue weighted by atomic mass is 16.5. The number of anilines is 1. The number of rotatable bonds is 7. The summed E-state index contributed by atoms with van der Waals surface area (Å²) in [4.78, 5) is 28.5. The van der Waals surface area contributed by atoms with Gasteiger partial charge < -0.3 is 15.4 Å². The summed E-state index contributed by atoms with van der Waals surface area (Å²) in [5.74, 6) is 0.311. The number of ether oxygens (including phenoxy) is 1. The van der Waals surface area contributed by atoms with E-state index in [0.29, 0.717) is 30.0 Å². The molecule has 0 bridgehead atoms. The number of nitrogens with one attached hydrogen (secondary N) is 2. The van der Waals surface area contributed by atoms with Crippen molar-refractivity contribution in [3.05, 3.63) is 89.7 Å².